The number of sulfonamides is 1. The fraction of sp³-hybridized carbons (Fsp3) is 0.583. The lowest BCUT2D eigenvalue weighted by molar-refractivity contribution is -0.149. The van der Waals surface area contributed by atoms with Gasteiger partial charge in [0.2, 0.25) is 0 Å². The number of carboxylic acid groups (broad SMARTS) is 1. The lowest BCUT2D eigenvalue weighted by Gasteiger charge is -2.39. The van der Waals surface area contributed by atoms with Crippen molar-refractivity contribution in [2.45, 2.75) is 42.9 Å². The van der Waals surface area contributed by atoms with Crippen molar-refractivity contribution in [1.29, 1.82) is 0 Å². The molecule has 0 aromatic carbocycles. The normalized spacial score (nSPS) is 24.8. The van der Waals surface area contributed by atoms with Crippen LogP contribution >= 0.6 is 22.9 Å². The van der Waals surface area contributed by atoms with E-state index in [1.165, 1.54) is 13.0 Å². The second-order valence-electron chi connectivity index (χ2n) is 5.14. The summed E-state index contributed by atoms with van der Waals surface area (Å²) in [5.74, 6) is -1.11. The van der Waals surface area contributed by atoms with Crippen molar-refractivity contribution in [2.24, 2.45) is 0 Å². The largest absolute Gasteiger partial charge is 0.480 e. The zero-order valence-electron chi connectivity index (χ0n) is 11.2. The highest BCUT2D eigenvalue weighted by Gasteiger charge is 2.48. The van der Waals surface area contributed by atoms with E-state index in [-0.39, 0.29) is 10.8 Å². The number of carboxylic acids is 1. The van der Waals surface area contributed by atoms with Crippen LogP contribution in [0.25, 0.3) is 0 Å². The van der Waals surface area contributed by atoms with Crippen molar-refractivity contribution in [1.82, 2.24) is 4.31 Å². The zero-order valence-corrected chi connectivity index (χ0v) is 13.6. The molecule has 5 nitrogen and oxygen atoms in total. The summed E-state index contributed by atoms with van der Waals surface area (Å²) in [7, 11) is -3.83. The van der Waals surface area contributed by atoms with Gasteiger partial charge in [-0.1, -0.05) is 11.6 Å². The van der Waals surface area contributed by atoms with E-state index >= 15 is 0 Å². The number of rotatable bonds is 3. The molecular formula is C12H16ClNO4S2. The Hall–Kier alpha value is -0.630. The Labute approximate surface area is 127 Å². The highest BCUT2D eigenvalue weighted by molar-refractivity contribution is 7.91. The van der Waals surface area contributed by atoms with Crippen LogP contribution in [-0.2, 0) is 14.8 Å². The molecule has 1 saturated heterocycles. The van der Waals surface area contributed by atoms with Gasteiger partial charge in [-0.05, 0) is 44.7 Å². The lowest BCUT2D eigenvalue weighted by atomic mass is 9.91. The smallest absolute Gasteiger partial charge is 0.324 e. The zero-order chi connectivity index (χ0) is 15.1. The molecule has 20 heavy (non-hydrogen) atoms. The van der Waals surface area contributed by atoms with Gasteiger partial charge in [-0.3, -0.25) is 4.79 Å². The molecular weight excluding hydrogens is 322 g/mol. The van der Waals surface area contributed by atoms with Gasteiger partial charge >= 0.3 is 5.97 Å². The number of thiophene rings is 1. The van der Waals surface area contributed by atoms with Gasteiger partial charge in [0.05, 0.1) is 4.34 Å². The van der Waals surface area contributed by atoms with Crippen molar-refractivity contribution < 1.29 is 18.3 Å². The maximum atomic E-state index is 12.7. The van der Waals surface area contributed by atoms with E-state index in [2.05, 4.69) is 0 Å². The number of nitrogens with zero attached hydrogens (tertiary/aromatic N) is 1. The molecule has 1 N–H and O–H groups in total. The topological polar surface area (TPSA) is 74.7 Å². The first-order chi connectivity index (χ1) is 9.19. The molecule has 0 spiro atoms. The van der Waals surface area contributed by atoms with E-state index in [0.29, 0.717) is 29.2 Å². The number of halogens is 1. The highest BCUT2D eigenvalue weighted by Crippen LogP contribution is 2.37. The van der Waals surface area contributed by atoms with E-state index in [4.69, 9.17) is 11.6 Å². The average molecular weight is 338 g/mol. The monoisotopic (exact) mass is 337 g/mol. The van der Waals surface area contributed by atoms with Crippen LogP contribution in [0.4, 0.5) is 0 Å². The van der Waals surface area contributed by atoms with Crippen molar-refractivity contribution in [3.8, 4) is 0 Å². The summed E-state index contributed by atoms with van der Waals surface area (Å²) >= 11 is 6.90. The molecule has 0 aliphatic carbocycles. The van der Waals surface area contributed by atoms with E-state index in [9.17, 15) is 18.3 Å². The number of aryl methyl sites for hydroxylation is 1. The predicted molar refractivity (Wildman–Crippen MR) is 77.8 cm³/mol. The standard InChI is InChI=1S/C12H16ClNO4S2/c1-8-7-9(19-10(8)13)20(17,18)14-6-4-3-5-12(14,2)11(15)16/h7H,3-6H2,1-2H3,(H,15,16). The van der Waals surface area contributed by atoms with E-state index in [0.717, 1.165) is 15.6 Å². The van der Waals surface area contributed by atoms with Crippen LogP contribution in [0.15, 0.2) is 10.3 Å². The molecule has 112 valence electrons. The van der Waals surface area contributed by atoms with Gasteiger partial charge in [-0.2, -0.15) is 4.31 Å². The molecule has 0 amide bonds. The number of piperidine rings is 1. The van der Waals surface area contributed by atoms with E-state index in [1.807, 2.05) is 0 Å². The van der Waals surface area contributed by atoms with Crippen LogP contribution in [0.1, 0.15) is 31.7 Å². The molecule has 1 aliphatic heterocycles. The van der Waals surface area contributed by atoms with Crippen LogP contribution in [-0.4, -0.2) is 35.9 Å². The van der Waals surface area contributed by atoms with Crippen molar-refractivity contribution in [3.63, 3.8) is 0 Å². The number of carbonyl (C=O) groups is 1. The minimum Gasteiger partial charge on any atom is -0.480 e. The second-order valence-corrected chi connectivity index (χ2v) is 8.88. The summed E-state index contributed by atoms with van der Waals surface area (Å²) < 4.78 is 27.0. The molecule has 8 heteroatoms. The fourth-order valence-electron chi connectivity index (χ4n) is 2.36. The quantitative estimate of drug-likeness (QED) is 0.920. The molecule has 2 rings (SSSR count). The van der Waals surface area contributed by atoms with Gasteiger partial charge in [-0.25, -0.2) is 8.42 Å². The maximum Gasteiger partial charge on any atom is 0.324 e. The van der Waals surface area contributed by atoms with Crippen molar-refractivity contribution in [2.75, 3.05) is 6.54 Å². The van der Waals surface area contributed by atoms with Gasteiger partial charge in [0, 0.05) is 6.54 Å². The Morgan fingerprint density at radius 3 is 2.65 bits per heavy atom. The van der Waals surface area contributed by atoms with E-state index in [1.54, 1.807) is 6.92 Å². The van der Waals surface area contributed by atoms with Gasteiger partial charge in [-0.15, -0.1) is 11.3 Å². The van der Waals surface area contributed by atoms with Crippen LogP contribution in [0.2, 0.25) is 4.34 Å². The number of aliphatic carboxylic acids is 1. The molecule has 2 heterocycles. The molecule has 0 saturated carbocycles. The highest BCUT2D eigenvalue weighted by atomic mass is 35.5. The fourth-order valence-corrected chi connectivity index (χ4v) is 5.99. The van der Waals surface area contributed by atoms with Gasteiger partial charge in [0.1, 0.15) is 9.75 Å². The minimum atomic E-state index is -3.83. The number of hydrogen-bond acceptors (Lipinski definition) is 4. The van der Waals surface area contributed by atoms with Crippen LogP contribution < -0.4 is 0 Å². The Morgan fingerprint density at radius 1 is 1.50 bits per heavy atom. The first-order valence-electron chi connectivity index (χ1n) is 6.22. The van der Waals surface area contributed by atoms with Crippen LogP contribution in [0, 0.1) is 6.92 Å². The van der Waals surface area contributed by atoms with Gasteiger partial charge < -0.3 is 5.11 Å². The third kappa shape index (κ3) is 2.47. The first-order valence-corrected chi connectivity index (χ1v) is 8.85. The average Bonchev–Trinajstić information content (AvgIpc) is 2.70. The Kier molecular flexibility index (Phi) is 4.17. The predicted octanol–water partition coefficient (Wildman–Crippen LogP) is 2.73. The van der Waals surface area contributed by atoms with Crippen molar-refractivity contribution in [3.05, 3.63) is 16.0 Å². The molecule has 1 aromatic rings. The molecule has 1 aliphatic rings. The molecule has 0 bridgehead atoms. The first kappa shape index (κ1) is 15.8. The summed E-state index contributed by atoms with van der Waals surface area (Å²) in [6.07, 6.45) is 1.69. The SMILES string of the molecule is Cc1cc(S(=O)(=O)N2CCCCC2(C)C(=O)O)sc1Cl. The number of hydrogen-bond donors (Lipinski definition) is 1. The van der Waals surface area contributed by atoms with Gasteiger partial charge in [0.25, 0.3) is 10.0 Å². The molecule has 1 aromatic heterocycles. The summed E-state index contributed by atoms with van der Waals surface area (Å²) in [5.41, 5.74) is -0.703. The third-order valence-electron chi connectivity index (χ3n) is 3.66. The summed E-state index contributed by atoms with van der Waals surface area (Å²) in [6.45, 7) is 3.41. The Bertz CT molecular complexity index is 620. The van der Waals surface area contributed by atoms with Crippen molar-refractivity contribution >= 4 is 38.9 Å². The summed E-state index contributed by atoms with van der Waals surface area (Å²) in [4.78, 5) is 11.5. The molecule has 1 fully saturated rings. The Balaban J connectivity index is 2.49. The summed E-state index contributed by atoms with van der Waals surface area (Å²) in [6, 6.07) is 1.50. The Morgan fingerprint density at radius 2 is 2.15 bits per heavy atom. The second kappa shape index (κ2) is 5.29. The maximum absolute atomic E-state index is 12.7. The van der Waals surface area contributed by atoms with E-state index < -0.39 is 21.5 Å². The lowest BCUT2D eigenvalue weighted by Crippen LogP contribution is -2.57. The molecule has 1 atom stereocenters. The van der Waals surface area contributed by atoms with Gasteiger partial charge in [0.15, 0.2) is 0 Å². The summed E-state index contributed by atoms with van der Waals surface area (Å²) in [5, 5.41) is 9.41. The minimum absolute atomic E-state index is 0.106. The molecule has 0 radical (unpaired) electrons. The molecule has 1 unspecified atom stereocenters. The van der Waals surface area contributed by atoms with Crippen LogP contribution in [0.5, 0.6) is 0 Å². The van der Waals surface area contributed by atoms with Crippen LogP contribution in [0.3, 0.4) is 0 Å². The third-order valence-corrected chi connectivity index (χ3v) is 7.69.